The molecule has 0 heterocycles. The zero-order valence-electron chi connectivity index (χ0n) is 12.3. The van der Waals surface area contributed by atoms with Gasteiger partial charge in [0.25, 0.3) is 0 Å². The first-order chi connectivity index (χ1) is 9.54. The van der Waals surface area contributed by atoms with Gasteiger partial charge in [0.2, 0.25) is 0 Å². The van der Waals surface area contributed by atoms with E-state index in [9.17, 15) is 9.59 Å². The number of carbonyl (C=O) groups is 2. The molecule has 0 bridgehead atoms. The molecular weight excluding hydrogens is 256 g/mol. The summed E-state index contributed by atoms with van der Waals surface area (Å²) in [5, 5.41) is 11.5. The van der Waals surface area contributed by atoms with Crippen LogP contribution in [-0.4, -0.2) is 41.6 Å². The Hall–Kier alpha value is -1.78. The molecule has 0 aliphatic carbocycles. The molecule has 0 aliphatic rings. The maximum absolute atomic E-state index is 11.9. The molecule has 5 nitrogen and oxygen atoms in total. The van der Waals surface area contributed by atoms with Gasteiger partial charge in [0.1, 0.15) is 0 Å². The van der Waals surface area contributed by atoms with Gasteiger partial charge in [-0.1, -0.05) is 25.5 Å². The minimum absolute atomic E-state index is 0.141. The van der Waals surface area contributed by atoms with Gasteiger partial charge in [-0.2, -0.15) is 0 Å². The van der Waals surface area contributed by atoms with Crippen LogP contribution in [0.25, 0.3) is 0 Å². The summed E-state index contributed by atoms with van der Waals surface area (Å²) in [7, 11) is 0. The van der Waals surface area contributed by atoms with Crippen LogP contribution < -0.4 is 5.32 Å². The molecule has 0 aromatic carbocycles. The molecule has 0 aromatic heterocycles. The van der Waals surface area contributed by atoms with Gasteiger partial charge in [0.05, 0.1) is 0 Å². The van der Waals surface area contributed by atoms with Crippen molar-refractivity contribution in [3.8, 4) is 0 Å². The van der Waals surface area contributed by atoms with Gasteiger partial charge in [0, 0.05) is 26.1 Å². The largest absolute Gasteiger partial charge is 0.481 e. The van der Waals surface area contributed by atoms with Crippen LogP contribution in [0.1, 0.15) is 32.6 Å². The SMILES string of the molecule is C=CCN(CC=C)C(=O)NCCC(CC)CCC(=O)O. The number of aliphatic carboxylic acids is 1. The first-order valence-corrected chi connectivity index (χ1v) is 7.01. The third-order valence-corrected chi connectivity index (χ3v) is 3.16. The zero-order chi connectivity index (χ0) is 15.4. The highest BCUT2D eigenvalue weighted by Crippen LogP contribution is 2.14. The van der Waals surface area contributed by atoms with E-state index in [-0.39, 0.29) is 12.5 Å². The Morgan fingerprint density at radius 3 is 2.30 bits per heavy atom. The minimum atomic E-state index is -0.768. The van der Waals surface area contributed by atoms with Crippen LogP contribution in [-0.2, 0) is 4.79 Å². The summed E-state index contributed by atoms with van der Waals surface area (Å²) >= 11 is 0. The minimum Gasteiger partial charge on any atom is -0.481 e. The predicted molar refractivity (Wildman–Crippen MR) is 80.6 cm³/mol. The Labute approximate surface area is 121 Å². The number of nitrogens with one attached hydrogen (secondary N) is 1. The molecule has 0 aliphatic heterocycles. The number of rotatable bonds is 11. The summed E-state index contributed by atoms with van der Waals surface area (Å²) < 4.78 is 0. The van der Waals surface area contributed by atoms with Gasteiger partial charge < -0.3 is 15.3 Å². The summed E-state index contributed by atoms with van der Waals surface area (Å²) in [5.74, 6) is -0.436. The van der Waals surface area contributed by atoms with E-state index >= 15 is 0 Å². The molecule has 1 atom stereocenters. The van der Waals surface area contributed by atoms with E-state index in [1.807, 2.05) is 6.92 Å². The van der Waals surface area contributed by atoms with Crippen molar-refractivity contribution in [1.82, 2.24) is 10.2 Å². The van der Waals surface area contributed by atoms with Crippen LogP contribution in [0.2, 0.25) is 0 Å². The summed E-state index contributed by atoms with van der Waals surface area (Å²) in [6.07, 6.45) is 5.91. The van der Waals surface area contributed by atoms with E-state index < -0.39 is 5.97 Å². The highest BCUT2D eigenvalue weighted by molar-refractivity contribution is 5.74. The molecule has 114 valence electrons. The average molecular weight is 282 g/mol. The molecule has 0 saturated carbocycles. The van der Waals surface area contributed by atoms with Crippen molar-refractivity contribution in [3.63, 3.8) is 0 Å². The standard InChI is InChI=1S/C15H26N2O3/c1-4-11-17(12-5-2)15(20)16-10-9-13(6-3)7-8-14(18)19/h4-5,13H,1-2,6-12H2,3H3,(H,16,20)(H,18,19). The summed E-state index contributed by atoms with van der Waals surface area (Å²) in [6, 6.07) is -0.141. The first kappa shape index (κ1) is 18.2. The van der Waals surface area contributed by atoms with Gasteiger partial charge in [0.15, 0.2) is 0 Å². The molecule has 1 unspecified atom stereocenters. The molecule has 0 saturated heterocycles. The molecule has 20 heavy (non-hydrogen) atoms. The molecule has 0 fully saturated rings. The molecule has 0 radical (unpaired) electrons. The third-order valence-electron chi connectivity index (χ3n) is 3.16. The zero-order valence-corrected chi connectivity index (χ0v) is 12.3. The molecular formula is C15H26N2O3. The highest BCUT2D eigenvalue weighted by Gasteiger charge is 2.12. The van der Waals surface area contributed by atoms with E-state index in [0.717, 1.165) is 12.8 Å². The van der Waals surface area contributed by atoms with Crippen LogP contribution in [0, 0.1) is 5.92 Å². The number of urea groups is 1. The van der Waals surface area contributed by atoms with Crippen molar-refractivity contribution in [2.45, 2.75) is 32.6 Å². The second kappa shape index (κ2) is 11.1. The fourth-order valence-electron chi connectivity index (χ4n) is 1.93. The topological polar surface area (TPSA) is 69.6 Å². The number of nitrogens with zero attached hydrogens (tertiary/aromatic N) is 1. The number of carboxylic acids is 1. The number of carboxylic acid groups (broad SMARTS) is 1. The molecule has 0 aromatic rings. The van der Waals surface area contributed by atoms with Crippen molar-refractivity contribution in [2.75, 3.05) is 19.6 Å². The summed E-state index contributed by atoms with van der Waals surface area (Å²) in [4.78, 5) is 24.0. The van der Waals surface area contributed by atoms with Gasteiger partial charge >= 0.3 is 12.0 Å². The Balaban J connectivity index is 4.05. The molecule has 0 spiro atoms. The lowest BCUT2D eigenvalue weighted by molar-refractivity contribution is -0.137. The quantitative estimate of drug-likeness (QED) is 0.572. The molecule has 2 N–H and O–H groups in total. The number of hydrogen-bond donors (Lipinski definition) is 2. The summed E-state index contributed by atoms with van der Waals surface area (Å²) in [6.45, 7) is 10.8. The normalized spacial score (nSPS) is 11.4. The Bertz CT molecular complexity index is 319. The van der Waals surface area contributed by atoms with Gasteiger partial charge in [-0.15, -0.1) is 13.2 Å². The monoisotopic (exact) mass is 282 g/mol. The molecule has 2 amide bonds. The van der Waals surface area contributed by atoms with Crippen LogP contribution in [0.4, 0.5) is 4.79 Å². The summed E-state index contributed by atoms with van der Waals surface area (Å²) in [5.41, 5.74) is 0. The van der Waals surface area contributed by atoms with E-state index in [2.05, 4.69) is 18.5 Å². The van der Waals surface area contributed by atoms with Crippen molar-refractivity contribution in [1.29, 1.82) is 0 Å². The maximum Gasteiger partial charge on any atom is 0.317 e. The predicted octanol–water partition coefficient (Wildman–Crippen LogP) is 2.65. The van der Waals surface area contributed by atoms with Crippen molar-refractivity contribution >= 4 is 12.0 Å². The Morgan fingerprint density at radius 2 is 1.85 bits per heavy atom. The Kier molecular flexibility index (Phi) is 10.1. The average Bonchev–Trinajstić information content (AvgIpc) is 2.41. The number of amides is 2. The first-order valence-electron chi connectivity index (χ1n) is 7.01. The smallest absolute Gasteiger partial charge is 0.317 e. The third kappa shape index (κ3) is 8.34. The highest BCUT2D eigenvalue weighted by atomic mass is 16.4. The van der Waals surface area contributed by atoms with Crippen LogP contribution in [0.3, 0.4) is 0 Å². The fourth-order valence-corrected chi connectivity index (χ4v) is 1.93. The van der Waals surface area contributed by atoms with Crippen molar-refractivity contribution in [2.24, 2.45) is 5.92 Å². The van der Waals surface area contributed by atoms with Crippen molar-refractivity contribution in [3.05, 3.63) is 25.3 Å². The van der Waals surface area contributed by atoms with Crippen molar-refractivity contribution < 1.29 is 14.7 Å². The van der Waals surface area contributed by atoms with Gasteiger partial charge in [-0.25, -0.2) is 4.79 Å². The lowest BCUT2D eigenvalue weighted by Crippen LogP contribution is -2.40. The van der Waals surface area contributed by atoms with Crippen LogP contribution in [0.15, 0.2) is 25.3 Å². The second-order valence-corrected chi connectivity index (χ2v) is 4.71. The van der Waals surface area contributed by atoms with E-state index in [0.29, 0.717) is 32.0 Å². The van der Waals surface area contributed by atoms with E-state index in [1.165, 1.54) is 0 Å². The van der Waals surface area contributed by atoms with Crippen LogP contribution in [0.5, 0.6) is 0 Å². The van der Waals surface area contributed by atoms with E-state index in [4.69, 9.17) is 5.11 Å². The Morgan fingerprint density at radius 1 is 1.25 bits per heavy atom. The lowest BCUT2D eigenvalue weighted by atomic mass is 9.97. The van der Waals surface area contributed by atoms with E-state index in [1.54, 1.807) is 17.1 Å². The maximum atomic E-state index is 11.9. The second-order valence-electron chi connectivity index (χ2n) is 4.71. The van der Waals surface area contributed by atoms with Crippen LogP contribution >= 0.6 is 0 Å². The fraction of sp³-hybridized carbons (Fsp3) is 0.600. The number of hydrogen-bond acceptors (Lipinski definition) is 2. The number of carbonyl (C=O) groups excluding carboxylic acids is 1. The molecule has 0 rings (SSSR count). The lowest BCUT2D eigenvalue weighted by Gasteiger charge is -2.21. The van der Waals surface area contributed by atoms with Gasteiger partial charge in [-0.3, -0.25) is 4.79 Å². The molecule has 5 heteroatoms. The van der Waals surface area contributed by atoms with Gasteiger partial charge in [-0.05, 0) is 18.8 Å².